The predicted octanol–water partition coefficient (Wildman–Crippen LogP) is 1.05. The maximum absolute atomic E-state index is 10.4. The molecule has 1 aliphatic heterocycles. The van der Waals surface area contributed by atoms with Gasteiger partial charge < -0.3 is 9.84 Å². The van der Waals surface area contributed by atoms with E-state index in [1.807, 2.05) is 6.92 Å². The molecule has 3 heteroatoms. The average Bonchev–Trinajstić information content (AvgIpc) is 1.84. The molecule has 62 valence electrons. The van der Waals surface area contributed by atoms with Crippen LogP contribution in [-0.4, -0.2) is 24.3 Å². The Kier molecular flexibility index (Phi) is 2.00. The van der Waals surface area contributed by atoms with Crippen LogP contribution in [0.2, 0.25) is 0 Å². The summed E-state index contributed by atoms with van der Waals surface area (Å²) < 4.78 is 4.98. The lowest BCUT2D eigenvalue weighted by atomic mass is 9.82. The molecule has 3 nitrogen and oxygen atoms in total. The largest absolute Gasteiger partial charge is 0.478 e. The van der Waals surface area contributed by atoms with Crippen molar-refractivity contribution in [3.05, 3.63) is 12.2 Å². The van der Waals surface area contributed by atoms with Gasteiger partial charge in [-0.05, 0) is 6.42 Å². The van der Waals surface area contributed by atoms with Gasteiger partial charge in [0.25, 0.3) is 0 Å². The highest BCUT2D eigenvalue weighted by molar-refractivity contribution is 5.85. The van der Waals surface area contributed by atoms with Gasteiger partial charge in [-0.3, -0.25) is 0 Å². The fourth-order valence-corrected chi connectivity index (χ4v) is 1.14. The minimum atomic E-state index is -0.905. The van der Waals surface area contributed by atoms with Gasteiger partial charge in [-0.25, -0.2) is 4.79 Å². The monoisotopic (exact) mass is 156 g/mol. The second-order valence-electron chi connectivity index (χ2n) is 3.39. The number of rotatable bonds is 3. The number of carboxylic acid groups (broad SMARTS) is 1. The van der Waals surface area contributed by atoms with Crippen molar-refractivity contribution in [2.75, 3.05) is 13.2 Å². The van der Waals surface area contributed by atoms with Gasteiger partial charge in [-0.15, -0.1) is 0 Å². The lowest BCUT2D eigenvalue weighted by molar-refractivity contribution is -0.135. The van der Waals surface area contributed by atoms with E-state index in [0.717, 1.165) is 0 Å². The molecule has 1 aliphatic rings. The molecule has 1 fully saturated rings. The number of aliphatic carboxylic acids is 1. The lowest BCUT2D eigenvalue weighted by Crippen LogP contribution is -2.40. The Hall–Kier alpha value is -0.830. The predicted molar refractivity (Wildman–Crippen MR) is 40.3 cm³/mol. The summed E-state index contributed by atoms with van der Waals surface area (Å²) >= 11 is 0. The second kappa shape index (κ2) is 2.66. The Morgan fingerprint density at radius 1 is 1.73 bits per heavy atom. The van der Waals surface area contributed by atoms with Gasteiger partial charge >= 0.3 is 5.97 Å². The third kappa shape index (κ3) is 1.80. The Morgan fingerprint density at radius 3 is 2.55 bits per heavy atom. The first-order valence-electron chi connectivity index (χ1n) is 3.52. The molecule has 1 rings (SSSR count). The maximum Gasteiger partial charge on any atom is 0.330 e. The number of carboxylic acids is 1. The molecule has 11 heavy (non-hydrogen) atoms. The zero-order chi connectivity index (χ0) is 8.48. The van der Waals surface area contributed by atoms with Gasteiger partial charge in [0, 0.05) is 11.0 Å². The standard InChI is InChI=1S/C8H12O3/c1-6(7(9)10)3-8(2)4-11-5-8/h1,3-5H2,2H3,(H,9,10). The highest BCUT2D eigenvalue weighted by atomic mass is 16.5. The van der Waals surface area contributed by atoms with Crippen molar-refractivity contribution in [1.29, 1.82) is 0 Å². The first-order chi connectivity index (χ1) is 5.03. The first-order valence-corrected chi connectivity index (χ1v) is 3.52. The molecule has 0 bridgehead atoms. The fraction of sp³-hybridized carbons (Fsp3) is 0.625. The van der Waals surface area contributed by atoms with E-state index in [9.17, 15) is 4.79 Å². The van der Waals surface area contributed by atoms with Gasteiger partial charge in [0.1, 0.15) is 0 Å². The molecule has 0 unspecified atom stereocenters. The molecule has 0 aromatic heterocycles. The van der Waals surface area contributed by atoms with Crippen LogP contribution in [-0.2, 0) is 9.53 Å². The molecule has 0 aliphatic carbocycles. The van der Waals surface area contributed by atoms with E-state index in [0.29, 0.717) is 19.6 Å². The number of hydrogen-bond donors (Lipinski definition) is 1. The van der Waals surface area contributed by atoms with Crippen LogP contribution < -0.4 is 0 Å². The van der Waals surface area contributed by atoms with Crippen LogP contribution in [0.3, 0.4) is 0 Å². The van der Waals surface area contributed by atoms with Crippen LogP contribution in [0.4, 0.5) is 0 Å². The Balaban J connectivity index is 2.41. The van der Waals surface area contributed by atoms with Crippen LogP contribution in [0.5, 0.6) is 0 Å². The molecule has 0 spiro atoms. The van der Waals surface area contributed by atoms with Crippen molar-refractivity contribution in [3.63, 3.8) is 0 Å². The summed E-state index contributed by atoms with van der Waals surface area (Å²) in [5.41, 5.74) is 0.297. The van der Waals surface area contributed by atoms with Crippen molar-refractivity contribution in [3.8, 4) is 0 Å². The molecule has 1 heterocycles. The van der Waals surface area contributed by atoms with Crippen molar-refractivity contribution in [2.24, 2.45) is 5.41 Å². The molecule has 0 radical (unpaired) electrons. The van der Waals surface area contributed by atoms with E-state index in [-0.39, 0.29) is 11.0 Å². The maximum atomic E-state index is 10.4. The van der Waals surface area contributed by atoms with E-state index in [1.165, 1.54) is 0 Å². The van der Waals surface area contributed by atoms with Gasteiger partial charge in [0.2, 0.25) is 0 Å². The summed E-state index contributed by atoms with van der Waals surface area (Å²) in [6, 6.07) is 0. The SMILES string of the molecule is C=C(CC1(C)COC1)C(=O)O. The van der Waals surface area contributed by atoms with E-state index in [2.05, 4.69) is 6.58 Å². The normalized spacial score (nSPS) is 20.5. The Bertz CT molecular complexity index is 192. The number of carbonyl (C=O) groups is 1. The summed E-state index contributed by atoms with van der Waals surface area (Å²) in [6.45, 7) is 6.77. The van der Waals surface area contributed by atoms with Crippen molar-refractivity contribution in [2.45, 2.75) is 13.3 Å². The summed E-state index contributed by atoms with van der Waals surface area (Å²) in [5.74, 6) is -0.905. The fourth-order valence-electron chi connectivity index (χ4n) is 1.14. The van der Waals surface area contributed by atoms with Gasteiger partial charge in [-0.2, -0.15) is 0 Å². The lowest BCUT2D eigenvalue weighted by Gasteiger charge is -2.38. The van der Waals surface area contributed by atoms with Gasteiger partial charge in [0.15, 0.2) is 0 Å². The summed E-state index contributed by atoms with van der Waals surface area (Å²) in [7, 11) is 0. The summed E-state index contributed by atoms with van der Waals surface area (Å²) in [4.78, 5) is 10.4. The highest BCUT2D eigenvalue weighted by Crippen LogP contribution is 2.33. The van der Waals surface area contributed by atoms with Crippen LogP contribution in [0, 0.1) is 5.41 Å². The zero-order valence-corrected chi connectivity index (χ0v) is 6.59. The van der Waals surface area contributed by atoms with Gasteiger partial charge in [0.05, 0.1) is 13.2 Å². The molecule has 0 aromatic rings. The van der Waals surface area contributed by atoms with Crippen molar-refractivity contribution >= 4 is 5.97 Å². The van der Waals surface area contributed by atoms with Crippen molar-refractivity contribution < 1.29 is 14.6 Å². The van der Waals surface area contributed by atoms with E-state index in [4.69, 9.17) is 9.84 Å². The molecular weight excluding hydrogens is 144 g/mol. The van der Waals surface area contributed by atoms with E-state index in [1.54, 1.807) is 0 Å². The Morgan fingerprint density at radius 2 is 2.27 bits per heavy atom. The molecule has 0 saturated carbocycles. The second-order valence-corrected chi connectivity index (χ2v) is 3.39. The molecule has 0 aromatic carbocycles. The minimum Gasteiger partial charge on any atom is -0.478 e. The zero-order valence-electron chi connectivity index (χ0n) is 6.59. The number of hydrogen-bond acceptors (Lipinski definition) is 2. The van der Waals surface area contributed by atoms with E-state index >= 15 is 0 Å². The van der Waals surface area contributed by atoms with Crippen molar-refractivity contribution in [1.82, 2.24) is 0 Å². The molecular formula is C8H12O3. The molecule has 1 N–H and O–H groups in total. The minimum absolute atomic E-state index is 0.0233. The third-order valence-corrected chi connectivity index (χ3v) is 1.84. The van der Waals surface area contributed by atoms with E-state index < -0.39 is 5.97 Å². The van der Waals surface area contributed by atoms with Crippen LogP contribution in [0.25, 0.3) is 0 Å². The highest BCUT2D eigenvalue weighted by Gasteiger charge is 2.34. The van der Waals surface area contributed by atoms with Crippen LogP contribution >= 0.6 is 0 Å². The van der Waals surface area contributed by atoms with Crippen LogP contribution in [0.15, 0.2) is 12.2 Å². The summed E-state index contributed by atoms with van der Waals surface area (Å²) in [5, 5.41) is 8.52. The topological polar surface area (TPSA) is 46.5 Å². The molecule has 0 amide bonds. The third-order valence-electron chi connectivity index (χ3n) is 1.84. The Labute approximate surface area is 65.7 Å². The smallest absolute Gasteiger partial charge is 0.330 e. The molecule has 1 saturated heterocycles. The quantitative estimate of drug-likeness (QED) is 0.621. The average molecular weight is 156 g/mol. The first kappa shape index (κ1) is 8.27. The summed E-state index contributed by atoms with van der Waals surface area (Å²) in [6.07, 6.45) is 0.530. The van der Waals surface area contributed by atoms with Gasteiger partial charge in [-0.1, -0.05) is 13.5 Å². The van der Waals surface area contributed by atoms with Crippen LogP contribution in [0.1, 0.15) is 13.3 Å². The molecule has 0 atom stereocenters. The number of ether oxygens (including phenoxy) is 1.